The molecule has 1 N–H and O–H groups in total. The minimum absolute atomic E-state index is 0.0611. The number of aryl methyl sites for hydroxylation is 2. The van der Waals surface area contributed by atoms with Gasteiger partial charge < -0.3 is 9.88 Å². The van der Waals surface area contributed by atoms with Crippen molar-refractivity contribution in [1.29, 1.82) is 0 Å². The second-order valence-electron chi connectivity index (χ2n) is 7.31. The van der Waals surface area contributed by atoms with Gasteiger partial charge in [-0.1, -0.05) is 23.3 Å². The van der Waals surface area contributed by atoms with Gasteiger partial charge in [-0.3, -0.25) is 9.59 Å². The fourth-order valence-corrected chi connectivity index (χ4v) is 3.86. The first kappa shape index (κ1) is 20.1. The molecule has 1 aromatic carbocycles. The van der Waals surface area contributed by atoms with Crippen molar-refractivity contribution in [2.75, 3.05) is 6.54 Å². The number of allylic oxidation sites excluding steroid dienone is 3. The number of rotatable bonds is 4. The number of carbonyl (C=O) groups excluding carboxylic acids is 2. The Morgan fingerprint density at radius 1 is 1.21 bits per heavy atom. The van der Waals surface area contributed by atoms with Crippen LogP contribution < -0.4 is 5.32 Å². The summed E-state index contributed by atoms with van der Waals surface area (Å²) < 4.78 is 1.98. The molecule has 0 saturated carbocycles. The highest BCUT2D eigenvalue weighted by Gasteiger charge is 2.20. The summed E-state index contributed by atoms with van der Waals surface area (Å²) in [5.74, 6) is 0.631. The Morgan fingerprint density at radius 2 is 1.93 bits per heavy atom. The van der Waals surface area contributed by atoms with Crippen molar-refractivity contribution in [3.8, 4) is 5.69 Å². The van der Waals surface area contributed by atoms with Gasteiger partial charge in [-0.05, 0) is 57.9 Å². The molecule has 5 nitrogen and oxygen atoms in total. The lowest BCUT2D eigenvalue weighted by Crippen LogP contribution is -2.30. The molecule has 1 aliphatic carbocycles. The summed E-state index contributed by atoms with van der Waals surface area (Å²) in [7, 11) is 0. The molecule has 28 heavy (non-hydrogen) atoms. The number of hydrogen-bond acceptors (Lipinski definition) is 3. The van der Waals surface area contributed by atoms with Crippen molar-refractivity contribution < 1.29 is 9.59 Å². The standard InChI is InChI=1S/C22H24ClN3O2/c1-12-6-13(2)19(21(27)7-12)11-25-22(28)18-8-17(23)9-20(15(18)4)26-14(3)10-24-16(26)5/h6,8-10H,7,11H2,1-5H3,(H,25,28). The molecule has 0 atom stereocenters. The highest BCUT2D eigenvalue weighted by molar-refractivity contribution is 6.31. The van der Waals surface area contributed by atoms with Gasteiger partial charge >= 0.3 is 0 Å². The number of ketones is 1. The number of amides is 1. The number of nitrogens with one attached hydrogen (secondary N) is 1. The number of Topliss-reactive ketones (excluding diaryl/α,β-unsaturated/α-hetero) is 1. The van der Waals surface area contributed by atoms with E-state index in [1.54, 1.807) is 12.3 Å². The number of nitrogens with zero attached hydrogens (tertiary/aromatic N) is 2. The third kappa shape index (κ3) is 3.80. The highest BCUT2D eigenvalue weighted by atomic mass is 35.5. The molecule has 0 fully saturated rings. The van der Waals surface area contributed by atoms with Gasteiger partial charge in [0.05, 0.1) is 5.69 Å². The van der Waals surface area contributed by atoms with Crippen LogP contribution in [0.5, 0.6) is 0 Å². The quantitative estimate of drug-likeness (QED) is 0.830. The molecule has 146 valence electrons. The van der Waals surface area contributed by atoms with Crippen LogP contribution in [0.1, 0.15) is 47.7 Å². The van der Waals surface area contributed by atoms with E-state index >= 15 is 0 Å². The van der Waals surface area contributed by atoms with Crippen LogP contribution >= 0.6 is 11.6 Å². The van der Waals surface area contributed by atoms with E-state index < -0.39 is 0 Å². The molecule has 0 aliphatic heterocycles. The second-order valence-corrected chi connectivity index (χ2v) is 7.75. The van der Waals surface area contributed by atoms with E-state index in [1.165, 1.54) is 0 Å². The van der Waals surface area contributed by atoms with Gasteiger partial charge in [0, 0.05) is 41.0 Å². The van der Waals surface area contributed by atoms with E-state index in [9.17, 15) is 9.59 Å². The fraction of sp³-hybridized carbons (Fsp3) is 0.318. The van der Waals surface area contributed by atoms with Crippen LogP contribution in [0, 0.1) is 20.8 Å². The second kappa shape index (κ2) is 7.76. The summed E-state index contributed by atoms with van der Waals surface area (Å²) in [5, 5.41) is 3.36. The number of aromatic nitrogens is 2. The average Bonchev–Trinajstić information content (AvgIpc) is 2.94. The smallest absolute Gasteiger partial charge is 0.251 e. The van der Waals surface area contributed by atoms with Gasteiger partial charge in [0.15, 0.2) is 5.78 Å². The van der Waals surface area contributed by atoms with E-state index in [4.69, 9.17) is 11.6 Å². The first-order valence-electron chi connectivity index (χ1n) is 9.18. The van der Waals surface area contributed by atoms with Crippen LogP contribution in [0.15, 0.2) is 41.1 Å². The molecule has 3 rings (SSSR count). The van der Waals surface area contributed by atoms with Crippen molar-refractivity contribution in [1.82, 2.24) is 14.9 Å². The highest BCUT2D eigenvalue weighted by Crippen LogP contribution is 2.26. The third-order valence-corrected chi connectivity index (χ3v) is 5.30. The van der Waals surface area contributed by atoms with Crippen molar-refractivity contribution in [3.63, 3.8) is 0 Å². The Morgan fingerprint density at radius 3 is 2.54 bits per heavy atom. The van der Waals surface area contributed by atoms with Crippen LogP contribution in [0.25, 0.3) is 5.69 Å². The SMILES string of the molecule is CC1=CC(C)=C(CNC(=O)c2cc(Cl)cc(-n3c(C)cnc3C)c2C)C(=O)C1. The van der Waals surface area contributed by atoms with Crippen molar-refractivity contribution in [2.24, 2.45) is 0 Å². The number of hydrogen-bond donors (Lipinski definition) is 1. The largest absolute Gasteiger partial charge is 0.348 e. The Balaban J connectivity index is 1.91. The Bertz CT molecular complexity index is 1020. The Labute approximate surface area is 170 Å². The lowest BCUT2D eigenvalue weighted by molar-refractivity contribution is -0.115. The van der Waals surface area contributed by atoms with Crippen LogP contribution in [-0.4, -0.2) is 27.8 Å². The Hall–Kier alpha value is -2.66. The maximum atomic E-state index is 12.9. The predicted molar refractivity (Wildman–Crippen MR) is 111 cm³/mol. The summed E-state index contributed by atoms with van der Waals surface area (Å²) in [6.07, 6.45) is 4.19. The molecular weight excluding hydrogens is 374 g/mol. The molecule has 2 aromatic rings. The molecule has 6 heteroatoms. The van der Waals surface area contributed by atoms with E-state index in [-0.39, 0.29) is 18.2 Å². The Kier molecular flexibility index (Phi) is 5.57. The molecule has 1 aliphatic rings. The minimum atomic E-state index is -0.254. The van der Waals surface area contributed by atoms with Gasteiger partial charge in [0.2, 0.25) is 0 Å². The number of imidazole rings is 1. The van der Waals surface area contributed by atoms with Gasteiger partial charge in [0.1, 0.15) is 5.82 Å². The number of carbonyl (C=O) groups is 2. The molecule has 0 saturated heterocycles. The van der Waals surface area contributed by atoms with E-state index in [1.807, 2.05) is 51.3 Å². The summed E-state index contributed by atoms with van der Waals surface area (Å²) in [6.45, 7) is 9.80. The molecule has 1 heterocycles. The van der Waals surface area contributed by atoms with Crippen LogP contribution in [-0.2, 0) is 4.79 Å². The summed E-state index contributed by atoms with van der Waals surface area (Å²) in [6, 6.07) is 3.49. The monoisotopic (exact) mass is 397 g/mol. The molecule has 0 radical (unpaired) electrons. The van der Waals surface area contributed by atoms with Gasteiger partial charge in [-0.25, -0.2) is 4.98 Å². The predicted octanol–water partition coefficient (Wildman–Crippen LogP) is 4.42. The van der Waals surface area contributed by atoms with Crippen molar-refractivity contribution >= 4 is 23.3 Å². The van der Waals surface area contributed by atoms with Gasteiger partial charge in [-0.15, -0.1) is 0 Å². The van der Waals surface area contributed by atoms with Crippen LogP contribution in [0.3, 0.4) is 0 Å². The maximum absolute atomic E-state index is 12.9. The first-order valence-corrected chi connectivity index (χ1v) is 9.56. The zero-order chi connectivity index (χ0) is 20.6. The molecule has 1 amide bonds. The molecular formula is C22H24ClN3O2. The molecule has 0 unspecified atom stereocenters. The molecule has 0 bridgehead atoms. The maximum Gasteiger partial charge on any atom is 0.251 e. The summed E-state index contributed by atoms with van der Waals surface area (Å²) in [4.78, 5) is 29.5. The zero-order valence-corrected chi connectivity index (χ0v) is 17.6. The number of halogens is 1. The minimum Gasteiger partial charge on any atom is -0.348 e. The topological polar surface area (TPSA) is 64.0 Å². The van der Waals surface area contributed by atoms with Gasteiger partial charge in [-0.2, -0.15) is 0 Å². The summed E-state index contributed by atoms with van der Waals surface area (Å²) >= 11 is 6.31. The third-order valence-electron chi connectivity index (χ3n) is 5.09. The van der Waals surface area contributed by atoms with Crippen molar-refractivity contribution in [2.45, 2.75) is 41.0 Å². The molecule has 0 spiro atoms. The lowest BCUT2D eigenvalue weighted by Gasteiger charge is -2.18. The average molecular weight is 398 g/mol. The summed E-state index contributed by atoms with van der Waals surface area (Å²) in [5.41, 5.74) is 5.69. The van der Waals surface area contributed by atoms with Crippen LogP contribution in [0.4, 0.5) is 0 Å². The molecule has 1 aromatic heterocycles. The fourth-order valence-electron chi connectivity index (χ4n) is 3.64. The first-order chi connectivity index (χ1) is 13.2. The van der Waals surface area contributed by atoms with Gasteiger partial charge in [0.25, 0.3) is 5.91 Å². The zero-order valence-electron chi connectivity index (χ0n) is 16.8. The number of benzene rings is 1. The lowest BCUT2D eigenvalue weighted by atomic mass is 9.92. The van der Waals surface area contributed by atoms with Crippen LogP contribution in [0.2, 0.25) is 5.02 Å². The van der Waals surface area contributed by atoms with Crippen molar-refractivity contribution in [3.05, 3.63) is 68.8 Å². The van der Waals surface area contributed by atoms with E-state index in [0.717, 1.165) is 33.9 Å². The normalized spacial score (nSPS) is 14.4. The van der Waals surface area contributed by atoms with E-state index in [2.05, 4.69) is 10.3 Å². The van der Waals surface area contributed by atoms with E-state index in [0.29, 0.717) is 22.6 Å².